The largest absolute Gasteiger partial charge is 0.453 e. The maximum Gasteiger partial charge on any atom is 0.453 e. The highest BCUT2D eigenvalue weighted by atomic mass is 16.6. The quantitative estimate of drug-likeness (QED) is 0.641. The lowest BCUT2D eigenvalue weighted by Gasteiger charge is -2.58. The summed E-state index contributed by atoms with van der Waals surface area (Å²) in [6, 6.07) is 0. The van der Waals surface area contributed by atoms with E-state index in [1.165, 1.54) is 37.7 Å². The second-order valence-corrected chi connectivity index (χ2v) is 10.3. The van der Waals surface area contributed by atoms with Crippen molar-refractivity contribution in [3.63, 3.8) is 0 Å². The van der Waals surface area contributed by atoms with Crippen LogP contribution in [0.1, 0.15) is 65.2 Å². The van der Waals surface area contributed by atoms with Crippen molar-refractivity contribution in [1.82, 2.24) is 0 Å². The first-order valence-corrected chi connectivity index (χ1v) is 10.9. The minimum atomic E-state index is -0.0277. The van der Waals surface area contributed by atoms with Crippen LogP contribution >= 0.6 is 0 Å². The summed E-state index contributed by atoms with van der Waals surface area (Å²) >= 11 is 0. The number of carbonyl (C=O) groups excluding carboxylic acids is 1. The fourth-order valence-electron chi connectivity index (χ4n) is 7.98. The van der Waals surface area contributed by atoms with Gasteiger partial charge in [-0.3, -0.25) is 4.79 Å². The van der Waals surface area contributed by atoms with Crippen molar-refractivity contribution in [2.24, 2.45) is 34.5 Å². The molecule has 5 rings (SSSR count). The Hall–Kier alpha value is -0.605. The standard InChI is InChI=1S/C22H33BO3/c1-21-10-8-15(24)12-14(21)4-5-16-17-6-7-19(20-13-25-23(3)26-20)22(17,2)11-9-18(16)21/h12,16-20H,4-11,13H2,1-3H3. The summed E-state index contributed by atoms with van der Waals surface area (Å²) in [5.41, 5.74) is 2.19. The first-order valence-electron chi connectivity index (χ1n) is 10.9. The second kappa shape index (κ2) is 5.94. The second-order valence-electron chi connectivity index (χ2n) is 10.3. The minimum Gasteiger partial charge on any atom is -0.409 e. The van der Waals surface area contributed by atoms with Gasteiger partial charge in [-0.15, -0.1) is 0 Å². The van der Waals surface area contributed by atoms with E-state index in [1.807, 2.05) is 12.9 Å². The zero-order valence-corrected chi connectivity index (χ0v) is 16.6. The highest BCUT2D eigenvalue weighted by Crippen LogP contribution is 2.67. The van der Waals surface area contributed by atoms with Gasteiger partial charge < -0.3 is 9.31 Å². The van der Waals surface area contributed by atoms with Gasteiger partial charge in [0.05, 0.1) is 12.7 Å². The molecule has 3 saturated carbocycles. The number of carbonyl (C=O) groups is 1. The molecule has 4 fully saturated rings. The molecule has 0 aromatic carbocycles. The minimum absolute atomic E-state index is 0.0277. The van der Waals surface area contributed by atoms with Gasteiger partial charge in [-0.1, -0.05) is 19.4 Å². The molecule has 0 amide bonds. The topological polar surface area (TPSA) is 35.5 Å². The molecular weight excluding hydrogens is 323 g/mol. The van der Waals surface area contributed by atoms with Gasteiger partial charge in [-0.05, 0) is 92.3 Å². The van der Waals surface area contributed by atoms with Crippen molar-refractivity contribution in [3.8, 4) is 0 Å². The summed E-state index contributed by atoms with van der Waals surface area (Å²) in [7, 11) is -0.0277. The lowest BCUT2D eigenvalue weighted by molar-refractivity contribution is -0.117. The van der Waals surface area contributed by atoms with E-state index in [9.17, 15) is 4.79 Å². The molecule has 7 unspecified atom stereocenters. The predicted octanol–water partition coefficient (Wildman–Crippen LogP) is 4.67. The van der Waals surface area contributed by atoms with Crippen molar-refractivity contribution in [3.05, 3.63) is 11.6 Å². The number of rotatable bonds is 1. The Bertz CT molecular complexity index is 645. The molecule has 0 N–H and O–H groups in total. The molecule has 0 spiro atoms. The first kappa shape index (κ1) is 17.5. The Morgan fingerprint density at radius 3 is 2.62 bits per heavy atom. The van der Waals surface area contributed by atoms with E-state index in [0.29, 0.717) is 23.2 Å². The number of hydrogen-bond acceptors (Lipinski definition) is 3. The lowest BCUT2D eigenvalue weighted by atomic mass is 9.46. The normalized spacial score (nSPS) is 50.9. The van der Waals surface area contributed by atoms with Gasteiger partial charge in [-0.25, -0.2) is 0 Å². The lowest BCUT2D eigenvalue weighted by Crippen LogP contribution is -2.51. The van der Waals surface area contributed by atoms with Gasteiger partial charge in [0.2, 0.25) is 0 Å². The molecule has 3 nitrogen and oxygen atoms in total. The highest BCUT2D eigenvalue weighted by molar-refractivity contribution is 6.43. The summed E-state index contributed by atoms with van der Waals surface area (Å²) in [5, 5.41) is 0. The molecular formula is C22H33BO3. The van der Waals surface area contributed by atoms with Crippen LogP contribution in [0.15, 0.2) is 11.6 Å². The van der Waals surface area contributed by atoms with Crippen molar-refractivity contribution < 1.29 is 14.1 Å². The average Bonchev–Trinajstić information content (AvgIpc) is 3.18. The van der Waals surface area contributed by atoms with E-state index in [4.69, 9.17) is 9.31 Å². The summed E-state index contributed by atoms with van der Waals surface area (Å²) in [6.07, 6.45) is 12.0. The Kier molecular flexibility index (Phi) is 4.00. The van der Waals surface area contributed by atoms with Gasteiger partial charge >= 0.3 is 7.12 Å². The molecule has 7 atom stereocenters. The molecule has 1 heterocycles. The van der Waals surface area contributed by atoms with Gasteiger partial charge in [-0.2, -0.15) is 0 Å². The summed E-state index contributed by atoms with van der Waals surface area (Å²) in [5.74, 6) is 3.49. The van der Waals surface area contributed by atoms with Crippen LogP contribution in [0.5, 0.6) is 0 Å². The smallest absolute Gasteiger partial charge is 0.409 e. The monoisotopic (exact) mass is 356 g/mol. The Labute approximate surface area is 158 Å². The Morgan fingerprint density at radius 1 is 1.04 bits per heavy atom. The molecule has 5 aliphatic rings. The van der Waals surface area contributed by atoms with E-state index >= 15 is 0 Å². The average molecular weight is 356 g/mol. The van der Waals surface area contributed by atoms with Crippen LogP contribution in [0.25, 0.3) is 0 Å². The van der Waals surface area contributed by atoms with Crippen LogP contribution in [0.4, 0.5) is 0 Å². The zero-order chi connectivity index (χ0) is 18.1. The first-order chi connectivity index (χ1) is 12.4. The molecule has 0 radical (unpaired) electrons. The molecule has 4 aliphatic carbocycles. The molecule has 1 aliphatic heterocycles. The van der Waals surface area contributed by atoms with Gasteiger partial charge in [0, 0.05) is 6.42 Å². The van der Waals surface area contributed by atoms with Gasteiger partial charge in [0.15, 0.2) is 5.78 Å². The molecule has 4 heteroatoms. The highest BCUT2D eigenvalue weighted by Gasteiger charge is 2.60. The fourth-order valence-corrected chi connectivity index (χ4v) is 7.98. The Balaban J connectivity index is 1.42. The number of allylic oxidation sites excluding steroid dienone is 1. The fraction of sp³-hybridized carbons (Fsp3) is 0.864. The van der Waals surface area contributed by atoms with Crippen molar-refractivity contribution in [1.29, 1.82) is 0 Å². The van der Waals surface area contributed by atoms with Crippen LogP contribution in [-0.2, 0) is 14.1 Å². The third-order valence-electron chi connectivity index (χ3n) is 9.35. The van der Waals surface area contributed by atoms with Crippen LogP contribution in [0, 0.1) is 34.5 Å². The van der Waals surface area contributed by atoms with E-state index in [2.05, 4.69) is 13.8 Å². The van der Waals surface area contributed by atoms with E-state index in [-0.39, 0.29) is 12.5 Å². The molecule has 1 saturated heterocycles. The Morgan fingerprint density at radius 2 is 1.85 bits per heavy atom. The van der Waals surface area contributed by atoms with Crippen molar-refractivity contribution in [2.45, 2.75) is 78.1 Å². The third kappa shape index (κ3) is 2.37. The van der Waals surface area contributed by atoms with Crippen molar-refractivity contribution >= 4 is 12.9 Å². The van der Waals surface area contributed by atoms with E-state index in [0.717, 1.165) is 43.6 Å². The number of ketones is 1. The number of hydrogen-bond donors (Lipinski definition) is 0. The van der Waals surface area contributed by atoms with Gasteiger partial charge in [0.25, 0.3) is 0 Å². The van der Waals surface area contributed by atoms with Crippen LogP contribution in [0.3, 0.4) is 0 Å². The summed E-state index contributed by atoms with van der Waals surface area (Å²) in [4.78, 5) is 12.0. The molecule has 0 aromatic rings. The molecule has 26 heavy (non-hydrogen) atoms. The summed E-state index contributed by atoms with van der Waals surface area (Å²) in [6.45, 7) is 7.86. The SMILES string of the molecule is CB1OCC(C2CCC3C4CCC5=CC(=O)CCC5(C)C4CCC23C)O1. The van der Waals surface area contributed by atoms with E-state index < -0.39 is 0 Å². The van der Waals surface area contributed by atoms with Gasteiger partial charge in [0.1, 0.15) is 0 Å². The molecule has 0 bridgehead atoms. The summed E-state index contributed by atoms with van der Waals surface area (Å²) < 4.78 is 11.9. The maximum absolute atomic E-state index is 12.0. The maximum atomic E-state index is 12.0. The van der Waals surface area contributed by atoms with Crippen LogP contribution in [-0.4, -0.2) is 25.6 Å². The van der Waals surface area contributed by atoms with Crippen molar-refractivity contribution in [2.75, 3.05) is 6.61 Å². The molecule has 0 aromatic heterocycles. The predicted molar refractivity (Wildman–Crippen MR) is 103 cm³/mol. The van der Waals surface area contributed by atoms with Crippen LogP contribution < -0.4 is 0 Å². The van der Waals surface area contributed by atoms with Crippen LogP contribution in [0.2, 0.25) is 6.82 Å². The number of fused-ring (bicyclic) bond motifs is 5. The molecule has 142 valence electrons. The zero-order valence-electron chi connectivity index (χ0n) is 16.6. The van der Waals surface area contributed by atoms with E-state index in [1.54, 1.807) is 0 Å². The third-order valence-corrected chi connectivity index (χ3v) is 9.35.